The van der Waals surface area contributed by atoms with Gasteiger partial charge in [0.05, 0.1) is 15.5 Å². The summed E-state index contributed by atoms with van der Waals surface area (Å²) in [6, 6.07) is 0. The number of rotatable bonds is 1. The molecule has 0 aliphatic heterocycles. The first kappa shape index (κ1) is 8.54. The lowest BCUT2D eigenvalue weighted by molar-refractivity contribution is 0.731. The summed E-state index contributed by atoms with van der Waals surface area (Å²) in [6.07, 6.45) is 5.39. The second-order valence-electron chi connectivity index (χ2n) is 2.68. The predicted octanol–water partition coefficient (Wildman–Crippen LogP) is 0.793. The van der Waals surface area contributed by atoms with Crippen molar-refractivity contribution in [2.45, 2.75) is 0 Å². The van der Waals surface area contributed by atoms with Crippen molar-refractivity contribution in [3.8, 4) is 5.82 Å². The highest BCUT2D eigenvalue weighted by Gasteiger charge is 2.06. The van der Waals surface area contributed by atoms with Crippen LogP contribution in [0.15, 0.2) is 18.6 Å². The van der Waals surface area contributed by atoms with E-state index in [9.17, 15) is 0 Å². The third kappa shape index (κ3) is 1.53. The molecule has 68 valence electrons. The average Bonchev–Trinajstić information content (AvgIpc) is 2.58. The van der Waals surface area contributed by atoms with Gasteiger partial charge in [0, 0.05) is 19.4 Å². The monoisotopic (exact) mass is 289 g/mol. The highest BCUT2D eigenvalue weighted by atomic mass is 127. The number of aromatic nitrogens is 4. The summed E-state index contributed by atoms with van der Waals surface area (Å²) in [5, 5.41) is 8.30. The van der Waals surface area contributed by atoms with Gasteiger partial charge in [0.15, 0.2) is 5.82 Å². The van der Waals surface area contributed by atoms with Crippen molar-refractivity contribution < 1.29 is 0 Å². The van der Waals surface area contributed by atoms with E-state index in [1.54, 1.807) is 21.8 Å². The molecule has 0 radical (unpaired) electrons. The van der Waals surface area contributed by atoms with Crippen LogP contribution in [-0.4, -0.2) is 19.6 Å². The number of anilines is 1. The lowest BCUT2D eigenvalue weighted by atomic mass is 10.5. The van der Waals surface area contributed by atoms with Crippen LogP contribution in [-0.2, 0) is 7.05 Å². The molecule has 0 aliphatic carbocycles. The fraction of sp³-hybridized carbons (Fsp3) is 0.143. The van der Waals surface area contributed by atoms with Crippen molar-refractivity contribution in [1.29, 1.82) is 0 Å². The first-order valence-corrected chi connectivity index (χ1v) is 4.74. The minimum absolute atomic E-state index is 0.627. The van der Waals surface area contributed by atoms with Gasteiger partial charge < -0.3 is 5.73 Å². The number of aryl methyl sites for hydroxylation is 1. The molecular formula is C7H8IN5. The number of hydrogen-bond acceptors (Lipinski definition) is 3. The summed E-state index contributed by atoms with van der Waals surface area (Å²) < 4.78 is 4.39. The Balaban J connectivity index is 2.51. The third-order valence-corrected chi connectivity index (χ3v) is 2.16. The second kappa shape index (κ2) is 3.02. The van der Waals surface area contributed by atoms with Crippen molar-refractivity contribution in [2.75, 3.05) is 5.73 Å². The van der Waals surface area contributed by atoms with Crippen LogP contribution < -0.4 is 5.73 Å². The number of halogens is 1. The molecule has 0 saturated heterocycles. The zero-order valence-electron chi connectivity index (χ0n) is 6.98. The normalized spacial score (nSPS) is 10.6. The standard InChI is InChI=1S/C7H8IN5/c1-12-4-6(9)7(11-12)13-3-5(8)2-10-13/h2-4H,9H2,1H3. The van der Waals surface area contributed by atoms with Gasteiger partial charge in [-0.3, -0.25) is 4.68 Å². The predicted molar refractivity (Wildman–Crippen MR) is 57.5 cm³/mol. The van der Waals surface area contributed by atoms with E-state index in [0.29, 0.717) is 11.5 Å². The smallest absolute Gasteiger partial charge is 0.198 e. The van der Waals surface area contributed by atoms with Gasteiger partial charge in [-0.1, -0.05) is 0 Å². The molecule has 5 nitrogen and oxygen atoms in total. The van der Waals surface area contributed by atoms with Crippen molar-refractivity contribution in [1.82, 2.24) is 19.6 Å². The minimum Gasteiger partial charge on any atom is -0.394 e. The maximum Gasteiger partial charge on any atom is 0.198 e. The quantitative estimate of drug-likeness (QED) is 0.790. The average molecular weight is 289 g/mol. The summed E-state index contributed by atoms with van der Waals surface area (Å²) in [4.78, 5) is 0. The maximum absolute atomic E-state index is 5.74. The zero-order valence-corrected chi connectivity index (χ0v) is 9.13. The Morgan fingerprint density at radius 1 is 1.46 bits per heavy atom. The number of nitrogens with zero attached hydrogens (tertiary/aromatic N) is 4. The van der Waals surface area contributed by atoms with Crippen LogP contribution in [0.5, 0.6) is 0 Å². The largest absolute Gasteiger partial charge is 0.394 e. The van der Waals surface area contributed by atoms with Crippen molar-refractivity contribution in [3.63, 3.8) is 0 Å². The molecule has 6 heteroatoms. The van der Waals surface area contributed by atoms with E-state index >= 15 is 0 Å². The Bertz CT molecular complexity index is 430. The van der Waals surface area contributed by atoms with Crippen LogP contribution in [0.2, 0.25) is 0 Å². The molecule has 2 N–H and O–H groups in total. The highest BCUT2D eigenvalue weighted by Crippen LogP contribution is 2.14. The van der Waals surface area contributed by atoms with Gasteiger partial charge in [-0.05, 0) is 22.6 Å². The van der Waals surface area contributed by atoms with E-state index in [0.717, 1.165) is 3.57 Å². The van der Waals surface area contributed by atoms with Crippen LogP contribution in [0.25, 0.3) is 5.82 Å². The molecule has 2 aromatic rings. The SMILES string of the molecule is Cn1cc(N)c(-n2cc(I)cn2)n1. The minimum atomic E-state index is 0.627. The van der Waals surface area contributed by atoms with Gasteiger partial charge >= 0.3 is 0 Å². The van der Waals surface area contributed by atoms with Crippen molar-refractivity contribution in [2.24, 2.45) is 7.05 Å². The Morgan fingerprint density at radius 3 is 2.69 bits per heavy atom. The van der Waals surface area contributed by atoms with Crippen LogP contribution >= 0.6 is 22.6 Å². The molecule has 0 spiro atoms. The van der Waals surface area contributed by atoms with E-state index < -0.39 is 0 Å². The van der Waals surface area contributed by atoms with Gasteiger partial charge in [-0.15, -0.1) is 0 Å². The van der Waals surface area contributed by atoms with E-state index in [4.69, 9.17) is 5.73 Å². The lowest BCUT2D eigenvalue weighted by Crippen LogP contribution is -1.99. The molecule has 0 bridgehead atoms. The fourth-order valence-corrected chi connectivity index (χ4v) is 1.48. The van der Waals surface area contributed by atoms with Crippen LogP contribution in [0.4, 0.5) is 5.69 Å². The Labute approximate surface area is 88.7 Å². The Hall–Kier alpha value is -1.05. The van der Waals surface area contributed by atoms with Crippen molar-refractivity contribution >= 4 is 28.3 Å². The van der Waals surface area contributed by atoms with Gasteiger partial charge in [-0.2, -0.15) is 10.2 Å². The highest BCUT2D eigenvalue weighted by molar-refractivity contribution is 14.1. The van der Waals surface area contributed by atoms with Gasteiger partial charge in [0.1, 0.15) is 0 Å². The van der Waals surface area contributed by atoms with Gasteiger partial charge in [0.25, 0.3) is 0 Å². The summed E-state index contributed by atoms with van der Waals surface area (Å²) >= 11 is 2.19. The zero-order chi connectivity index (χ0) is 9.42. The van der Waals surface area contributed by atoms with Crippen LogP contribution in [0.1, 0.15) is 0 Å². The summed E-state index contributed by atoms with van der Waals surface area (Å²) in [5.74, 6) is 0.672. The van der Waals surface area contributed by atoms with Crippen molar-refractivity contribution in [3.05, 3.63) is 22.2 Å². The molecule has 0 aliphatic rings. The Kier molecular flexibility index (Phi) is 1.98. The Morgan fingerprint density at radius 2 is 2.23 bits per heavy atom. The molecule has 13 heavy (non-hydrogen) atoms. The third-order valence-electron chi connectivity index (χ3n) is 1.60. The van der Waals surface area contributed by atoms with Gasteiger partial charge in [-0.25, -0.2) is 4.68 Å². The topological polar surface area (TPSA) is 61.7 Å². The lowest BCUT2D eigenvalue weighted by Gasteiger charge is -1.95. The van der Waals surface area contributed by atoms with Crippen LogP contribution in [0.3, 0.4) is 0 Å². The van der Waals surface area contributed by atoms with E-state index in [1.807, 2.05) is 13.2 Å². The summed E-state index contributed by atoms with van der Waals surface area (Å²) in [7, 11) is 1.83. The number of hydrogen-bond donors (Lipinski definition) is 1. The summed E-state index contributed by atoms with van der Waals surface area (Å²) in [6.45, 7) is 0. The molecule has 2 aromatic heterocycles. The fourth-order valence-electron chi connectivity index (χ4n) is 1.09. The molecule has 2 heterocycles. The maximum atomic E-state index is 5.74. The molecule has 0 aromatic carbocycles. The molecule has 0 saturated carbocycles. The first-order valence-electron chi connectivity index (χ1n) is 3.66. The van der Waals surface area contributed by atoms with E-state index in [1.165, 1.54) is 0 Å². The molecule has 0 unspecified atom stereocenters. The van der Waals surface area contributed by atoms with Gasteiger partial charge in [0.2, 0.25) is 0 Å². The number of nitrogen functional groups attached to an aromatic ring is 1. The molecule has 0 amide bonds. The molecular weight excluding hydrogens is 281 g/mol. The van der Waals surface area contributed by atoms with Crippen LogP contribution in [0, 0.1) is 3.57 Å². The number of nitrogens with two attached hydrogens (primary N) is 1. The molecule has 0 atom stereocenters. The summed E-state index contributed by atoms with van der Waals surface area (Å²) in [5.41, 5.74) is 6.36. The first-order chi connectivity index (χ1) is 6.16. The van der Waals surface area contributed by atoms with E-state index in [-0.39, 0.29) is 0 Å². The molecule has 2 rings (SSSR count). The molecule has 0 fully saturated rings. The van der Waals surface area contributed by atoms with E-state index in [2.05, 4.69) is 32.8 Å². The second-order valence-corrected chi connectivity index (χ2v) is 3.93.